The molecule has 0 N–H and O–H groups in total. The quantitative estimate of drug-likeness (QED) is 0.761. The molecule has 0 atom stereocenters. The van der Waals surface area contributed by atoms with Crippen molar-refractivity contribution in [2.75, 3.05) is 13.6 Å². The van der Waals surface area contributed by atoms with Crippen LogP contribution in [0.4, 0.5) is 0 Å². The van der Waals surface area contributed by atoms with Crippen LogP contribution in [0.2, 0.25) is 0 Å². The predicted molar refractivity (Wildman–Crippen MR) is 77.6 cm³/mol. The van der Waals surface area contributed by atoms with E-state index in [9.17, 15) is 4.79 Å². The second-order valence-corrected chi connectivity index (χ2v) is 5.91. The largest absolute Gasteiger partial charge is 0.294 e. The zero-order valence-electron chi connectivity index (χ0n) is 11.6. The summed E-state index contributed by atoms with van der Waals surface area (Å²) in [4.78, 5) is 16.3. The number of likely N-dealkylation sites (N-methyl/N-ethyl adjacent to an activating group) is 1. The van der Waals surface area contributed by atoms with Crippen molar-refractivity contribution in [2.45, 2.75) is 19.9 Å². The van der Waals surface area contributed by atoms with Crippen molar-refractivity contribution in [1.82, 2.24) is 14.7 Å². The van der Waals surface area contributed by atoms with Gasteiger partial charge in [0.25, 0.3) is 0 Å². The minimum Gasteiger partial charge on any atom is -0.294 e. The Labute approximate surface area is 117 Å². The Morgan fingerprint density at radius 2 is 2.26 bits per heavy atom. The molecule has 19 heavy (non-hydrogen) atoms. The molecule has 2 aromatic rings. The number of Topliss-reactive ketones (excluding diaryl/α,β-unsaturated/α-hetero) is 1. The Bertz CT molecular complexity index is 559. The van der Waals surface area contributed by atoms with Crippen LogP contribution < -0.4 is 0 Å². The van der Waals surface area contributed by atoms with Crippen LogP contribution in [0, 0.1) is 0 Å². The molecule has 0 aliphatic carbocycles. The smallest absolute Gasteiger partial charge is 0.186 e. The Morgan fingerprint density at radius 1 is 1.47 bits per heavy atom. The Balaban J connectivity index is 1.91. The summed E-state index contributed by atoms with van der Waals surface area (Å²) < 4.78 is 1.78. The number of carbonyl (C=O) groups is 1. The van der Waals surface area contributed by atoms with Gasteiger partial charge in [0, 0.05) is 30.2 Å². The average Bonchev–Trinajstić information content (AvgIpc) is 2.98. The van der Waals surface area contributed by atoms with Gasteiger partial charge in [-0.05, 0) is 25.6 Å². The maximum atomic E-state index is 12.1. The van der Waals surface area contributed by atoms with Gasteiger partial charge in [-0.3, -0.25) is 14.4 Å². The van der Waals surface area contributed by atoms with Crippen LogP contribution in [0.1, 0.15) is 27.0 Å². The lowest BCUT2D eigenvalue weighted by Crippen LogP contribution is -2.25. The van der Waals surface area contributed by atoms with E-state index in [0.717, 1.165) is 23.4 Å². The number of carbonyl (C=O) groups excluding carboxylic acids is 1. The third kappa shape index (κ3) is 3.75. The molecule has 0 aliphatic heterocycles. The summed E-state index contributed by atoms with van der Waals surface area (Å²) in [5.41, 5.74) is 1.12. The van der Waals surface area contributed by atoms with Crippen LogP contribution in [-0.2, 0) is 20.0 Å². The van der Waals surface area contributed by atoms with Gasteiger partial charge in [-0.2, -0.15) is 5.10 Å². The fourth-order valence-corrected chi connectivity index (χ4v) is 2.84. The number of hydrogen-bond donors (Lipinski definition) is 0. The number of rotatable bonds is 6. The fraction of sp³-hybridized carbons (Fsp3) is 0.429. The molecule has 5 heteroatoms. The molecule has 2 heterocycles. The molecule has 0 aliphatic rings. The molecule has 0 aromatic carbocycles. The van der Waals surface area contributed by atoms with Gasteiger partial charge in [0.05, 0.1) is 17.6 Å². The Morgan fingerprint density at radius 3 is 2.84 bits per heavy atom. The summed E-state index contributed by atoms with van der Waals surface area (Å²) in [7, 11) is 3.85. The molecule has 2 aromatic heterocycles. The van der Waals surface area contributed by atoms with Crippen LogP contribution in [-0.4, -0.2) is 34.1 Å². The molecule has 0 bridgehead atoms. The van der Waals surface area contributed by atoms with Crippen LogP contribution in [0.15, 0.2) is 24.5 Å². The van der Waals surface area contributed by atoms with Gasteiger partial charge in [-0.15, -0.1) is 11.3 Å². The number of nitrogens with zero attached hydrogens (tertiary/aromatic N) is 3. The predicted octanol–water partition coefficient (Wildman–Crippen LogP) is 2.36. The maximum absolute atomic E-state index is 12.1. The van der Waals surface area contributed by atoms with Crippen LogP contribution >= 0.6 is 11.3 Å². The molecule has 0 saturated carbocycles. The average molecular weight is 277 g/mol. The van der Waals surface area contributed by atoms with E-state index in [1.54, 1.807) is 16.0 Å². The van der Waals surface area contributed by atoms with Crippen LogP contribution in [0.5, 0.6) is 0 Å². The highest BCUT2D eigenvalue weighted by Gasteiger charge is 2.12. The highest BCUT2D eigenvalue weighted by Crippen LogP contribution is 2.17. The van der Waals surface area contributed by atoms with Crippen LogP contribution in [0.3, 0.4) is 0 Å². The summed E-state index contributed by atoms with van der Waals surface area (Å²) in [5.74, 6) is 0.191. The fourth-order valence-electron chi connectivity index (χ4n) is 1.96. The topological polar surface area (TPSA) is 38.1 Å². The van der Waals surface area contributed by atoms with Gasteiger partial charge in [-0.1, -0.05) is 6.92 Å². The molecular weight excluding hydrogens is 258 g/mol. The minimum absolute atomic E-state index is 0.191. The van der Waals surface area contributed by atoms with E-state index in [0.29, 0.717) is 6.54 Å². The minimum atomic E-state index is 0.191. The molecule has 102 valence electrons. The van der Waals surface area contributed by atoms with Gasteiger partial charge in [0.15, 0.2) is 5.78 Å². The number of ketones is 1. The van der Waals surface area contributed by atoms with E-state index in [-0.39, 0.29) is 5.78 Å². The number of thiophene rings is 1. The van der Waals surface area contributed by atoms with E-state index >= 15 is 0 Å². The highest BCUT2D eigenvalue weighted by molar-refractivity contribution is 7.14. The zero-order valence-corrected chi connectivity index (χ0v) is 12.4. The van der Waals surface area contributed by atoms with Crippen molar-refractivity contribution in [3.05, 3.63) is 39.8 Å². The van der Waals surface area contributed by atoms with Crippen LogP contribution in [0.25, 0.3) is 0 Å². The van der Waals surface area contributed by atoms with E-state index < -0.39 is 0 Å². The molecule has 0 spiro atoms. The third-order valence-electron chi connectivity index (χ3n) is 2.91. The van der Waals surface area contributed by atoms with Crippen molar-refractivity contribution in [3.8, 4) is 0 Å². The van der Waals surface area contributed by atoms with Crippen molar-refractivity contribution >= 4 is 17.1 Å². The first-order valence-corrected chi connectivity index (χ1v) is 7.18. The van der Waals surface area contributed by atoms with Gasteiger partial charge in [-0.25, -0.2) is 0 Å². The summed E-state index contributed by atoms with van der Waals surface area (Å²) in [5, 5.41) is 4.13. The van der Waals surface area contributed by atoms with E-state index in [1.807, 2.05) is 43.5 Å². The normalized spacial score (nSPS) is 11.2. The molecule has 0 saturated heterocycles. The first kappa shape index (κ1) is 14.0. The second kappa shape index (κ2) is 6.12. The molecular formula is C14H19N3OS. The summed E-state index contributed by atoms with van der Waals surface area (Å²) >= 11 is 1.60. The SMILES string of the molecule is CCc1ccc(C(=O)CN(C)Cc2cnn(C)c2)s1. The molecule has 0 radical (unpaired) electrons. The Kier molecular flexibility index (Phi) is 4.50. The molecule has 0 unspecified atom stereocenters. The van der Waals surface area contributed by atoms with E-state index in [4.69, 9.17) is 0 Å². The van der Waals surface area contributed by atoms with Crippen molar-refractivity contribution in [2.24, 2.45) is 7.05 Å². The summed E-state index contributed by atoms with van der Waals surface area (Å²) in [6, 6.07) is 3.97. The van der Waals surface area contributed by atoms with E-state index in [2.05, 4.69) is 12.0 Å². The third-order valence-corrected chi connectivity index (χ3v) is 4.18. The van der Waals surface area contributed by atoms with E-state index in [1.165, 1.54) is 4.88 Å². The summed E-state index contributed by atoms with van der Waals surface area (Å²) in [6.45, 7) is 3.29. The summed E-state index contributed by atoms with van der Waals surface area (Å²) in [6.07, 6.45) is 4.80. The molecule has 0 fully saturated rings. The zero-order chi connectivity index (χ0) is 13.8. The first-order valence-electron chi connectivity index (χ1n) is 6.36. The van der Waals surface area contributed by atoms with Gasteiger partial charge < -0.3 is 0 Å². The maximum Gasteiger partial charge on any atom is 0.186 e. The molecule has 0 amide bonds. The lowest BCUT2D eigenvalue weighted by atomic mass is 10.2. The molecule has 2 rings (SSSR count). The van der Waals surface area contributed by atoms with Gasteiger partial charge in [0.2, 0.25) is 0 Å². The number of aromatic nitrogens is 2. The number of hydrogen-bond acceptors (Lipinski definition) is 4. The van der Waals surface area contributed by atoms with Crippen molar-refractivity contribution in [1.29, 1.82) is 0 Å². The standard InChI is InChI=1S/C14H19N3OS/c1-4-12-5-6-14(19-12)13(18)10-16(2)8-11-7-15-17(3)9-11/h5-7,9H,4,8,10H2,1-3H3. The van der Waals surface area contributed by atoms with Gasteiger partial charge in [0.1, 0.15) is 0 Å². The number of aryl methyl sites for hydroxylation is 2. The monoisotopic (exact) mass is 277 g/mol. The highest BCUT2D eigenvalue weighted by atomic mass is 32.1. The van der Waals surface area contributed by atoms with Gasteiger partial charge >= 0.3 is 0 Å². The molecule has 4 nitrogen and oxygen atoms in total. The van der Waals surface area contributed by atoms with Crippen molar-refractivity contribution in [3.63, 3.8) is 0 Å². The van der Waals surface area contributed by atoms with Crippen molar-refractivity contribution < 1.29 is 4.79 Å². The lowest BCUT2D eigenvalue weighted by Gasteiger charge is -2.13. The second-order valence-electron chi connectivity index (χ2n) is 4.74. The lowest BCUT2D eigenvalue weighted by molar-refractivity contribution is 0.0947. The first-order chi connectivity index (χ1) is 9.08. The Hall–Kier alpha value is -1.46.